The van der Waals surface area contributed by atoms with E-state index in [1.165, 1.54) is 18.2 Å². The van der Waals surface area contributed by atoms with Crippen molar-refractivity contribution in [2.45, 2.75) is 38.1 Å². The number of rotatable bonds is 2. The standard InChI is InChI=1S/C14H15F3N2OSi/c1-21(2,3)7-6-10-8-12(5-4-11(10)9-20)13(18-19-13)14(15,16)17/h4-5,8,20H,9H2,1-3H3. The first-order valence-corrected chi connectivity index (χ1v) is 9.87. The zero-order valence-electron chi connectivity index (χ0n) is 11.9. The Morgan fingerprint density at radius 2 is 1.86 bits per heavy atom. The molecule has 0 unspecified atom stereocenters. The van der Waals surface area contributed by atoms with Crippen molar-refractivity contribution in [3.63, 3.8) is 0 Å². The summed E-state index contributed by atoms with van der Waals surface area (Å²) in [5.74, 6) is 2.90. The molecule has 1 aromatic rings. The first-order chi connectivity index (χ1) is 9.59. The molecule has 0 aliphatic carbocycles. The Morgan fingerprint density at radius 1 is 1.24 bits per heavy atom. The average molecular weight is 312 g/mol. The summed E-state index contributed by atoms with van der Waals surface area (Å²) in [7, 11) is -1.67. The molecule has 21 heavy (non-hydrogen) atoms. The lowest BCUT2D eigenvalue weighted by atomic mass is 9.97. The van der Waals surface area contributed by atoms with Crippen LogP contribution in [0.3, 0.4) is 0 Å². The second kappa shape index (κ2) is 4.96. The van der Waals surface area contributed by atoms with Crippen LogP contribution in [0, 0.1) is 11.5 Å². The lowest BCUT2D eigenvalue weighted by Crippen LogP contribution is -2.30. The molecule has 0 radical (unpaired) electrons. The number of aliphatic hydroxyl groups is 1. The Morgan fingerprint density at radius 3 is 2.29 bits per heavy atom. The highest BCUT2D eigenvalue weighted by atomic mass is 28.3. The largest absolute Gasteiger partial charge is 0.442 e. The van der Waals surface area contributed by atoms with Crippen molar-refractivity contribution in [1.82, 2.24) is 0 Å². The van der Waals surface area contributed by atoms with E-state index >= 15 is 0 Å². The van der Waals surface area contributed by atoms with Gasteiger partial charge in [-0.05, 0) is 11.6 Å². The van der Waals surface area contributed by atoms with Crippen molar-refractivity contribution in [3.05, 3.63) is 34.9 Å². The molecule has 0 fully saturated rings. The summed E-state index contributed by atoms with van der Waals surface area (Å²) in [6.07, 6.45) is -4.56. The third-order valence-corrected chi connectivity index (χ3v) is 3.83. The van der Waals surface area contributed by atoms with Crippen LogP contribution in [-0.2, 0) is 12.3 Å². The summed E-state index contributed by atoms with van der Waals surface area (Å²) in [6, 6.07) is 4.06. The molecular weight excluding hydrogens is 297 g/mol. The number of nitrogens with zero attached hydrogens (tertiary/aromatic N) is 2. The molecule has 0 spiro atoms. The summed E-state index contributed by atoms with van der Waals surface area (Å²) in [4.78, 5) is 0. The number of benzene rings is 1. The van der Waals surface area contributed by atoms with Crippen LogP contribution in [0.5, 0.6) is 0 Å². The van der Waals surface area contributed by atoms with Gasteiger partial charge >= 0.3 is 11.8 Å². The van der Waals surface area contributed by atoms with Gasteiger partial charge in [0.1, 0.15) is 8.07 Å². The van der Waals surface area contributed by atoms with Crippen LogP contribution in [-0.4, -0.2) is 19.4 Å². The highest BCUT2D eigenvalue weighted by Crippen LogP contribution is 2.52. The van der Waals surface area contributed by atoms with Crippen molar-refractivity contribution in [2.75, 3.05) is 0 Å². The van der Waals surface area contributed by atoms with E-state index in [4.69, 9.17) is 0 Å². The number of halogens is 3. The van der Waals surface area contributed by atoms with E-state index in [2.05, 4.69) is 21.7 Å². The fourth-order valence-corrected chi connectivity index (χ4v) is 2.25. The summed E-state index contributed by atoms with van der Waals surface area (Å²) < 4.78 is 39.0. The molecule has 112 valence electrons. The van der Waals surface area contributed by atoms with Crippen LogP contribution in [0.1, 0.15) is 16.7 Å². The van der Waals surface area contributed by atoms with Gasteiger partial charge in [-0.3, -0.25) is 0 Å². The van der Waals surface area contributed by atoms with Crippen LogP contribution in [0.4, 0.5) is 13.2 Å². The van der Waals surface area contributed by atoms with E-state index in [9.17, 15) is 18.3 Å². The first-order valence-electron chi connectivity index (χ1n) is 6.37. The Hall–Kier alpha value is -1.65. The van der Waals surface area contributed by atoms with Crippen molar-refractivity contribution in [1.29, 1.82) is 0 Å². The van der Waals surface area contributed by atoms with Gasteiger partial charge in [0.25, 0.3) is 0 Å². The van der Waals surface area contributed by atoms with Crippen molar-refractivity contribution in [3.8, 4) is 11.5 Å². The monoisotopic (exact) mass is 312 g/mol. The SMILES string of the molecule is C[Si](C)(C)C#Cc1cc(C2(C(F)(F)F)N=N2)ccc1CO. The van der Waals surface area contributed by atoms with Gasteiger partial charge in [0, 0.05) is 11.1 Å². The predicted octanol–water partition coefficient (Wildman–Crippen LogP) is 3.59. The fourth-order valence-electron chi connectivity index (χ4n) is 1.74. The summed E-state index contributed by atoms with van der Waals surface area (Å²) in [5.41, 5.74) is 1.48. The zero-order valence-corrected chi connectivity index (χ0v) is 12.9. The minimum atomic E-state index is -4.56. The number of alkyl halides is 3. The molecule has 0 saturated heterocycles. The molecule has 1 heterocycles. The second-order valence-electron chi connectivity index (χ2n) is 5.90. The number of hydrogen-bond donors (Lipinski definition) is 1. The van der Waals surface area contributed by atoms with E-state index in [0.717, 1.165) is 0 Å². The van der Waals surface area contributed by atoms with Crippen molar-refractivity contribution in [2.24, 2.45) is 10.2 Å². The first kappa shape index (κ1) is 15.7. The Bertz CT molecular complexity index is 645. The highest BCUT2D eigenvalue weighted by Gasteiger charge is 2.65. The third kappa shape index (κ3) is 3.17. The van der Waals surface area contributed by atoms with Gasteiger partial charge in [-0.1, -0.05) is 37.7 Å². The van der Waals surface area contributed by atoms with E-state index in [1.54, 1.807) is 0 Å². The van der Waals surface area contributed by atoms with Gasteiger partial charge in [0.15, 0.2) is 0 Å². The smallest absolute Gasteiger partial charge is 0.392 e. The molecule has 0 atom stereocenters. The maximum atomic E-state index is 13.0. The van der Waals surface area contributed by atoms with Crippen LogP contribution in [0.15, 0.2) is 28.4 Å². The van der Waals surface area contributed by atoms with Gasteiger partial charge in [0.2, 0.25) is 0 Å². The molecule has 0 aromatic heterocycles. The highest BCUT2D eigenvalue weighted by molar-refractivity contribution is 6.83. The van der Waals surface area contributed by atoms with Crippen LogP contribution >= 0.6 is 0 Å². The summed E-state index contributed by atoms with van der Waals surface area (Å²) in [6.45, 7) is 5.82. The normalized spacial score (nSPS) is 16.3. The molecule has 1 aliphatic heterocycles. The quantitative estimate of drug-likeness (QED) is 0.658. The van der Waals surface area contributed by atoms with Gasteiger partial charge in [-0.2, -0.15) is 13.2 Å². The second-order valence-corrected chi connectivity index (χ2v) is 10.7. The molecule has 3 nitrogen and oxygen atoms in total. The molecule has 0 amide bonds. The predicted molar refractivity (Wildman–Crippen MR) is 75.2 cm³/mol. The Kier molecular flexibility index (Phi) is 3.72. The van der Waals surface area contributed by atoms with Crippen LogP contribution < -0.4 is 0 Å². The van der Waals surface area contributed by atoms with Crippen LogP contribution in [0.25, 0.3) is 0 Å². The Balaban J connectivity index is 2.46. The summed E-state index contributed by atoms with van der Waals surface area (Å²) >= 11 is 0. The molecule has 2 rings (SSSR count). The molecular formula is C14H15F3N2OSi. The van der Waals surface area contributed by atoms with Gasteiger partial charge < -0.3 is 5.11 Å². The molecule has 1 aromatic carbocycles. The lowest BCUT2D eigenvalue weighted by molar-refractivity contribution is -0.166. The fraction of sp³-hybridized carbons (Fsp3) is 0.429. The van der Waals surface area contributed by atoms with E-state index in [0.29, 0.717) is 11.1 Å². The van der Waals surface area contributed by atoms with Crippen molar-refractivity contribution < 1.29 is 18.3 Å². The Labute approximate surface area is 121 Å². The van der Waals surface area contributed by atoms with E-state index < -0.39 is 19.9 Å². The minimum Gasteiger partial charge on any atom is -0.392 e. The van der Waals surface area contributed by atoms with Crippen molar-refractivity contribution >= 4 is 8.07 Å². The van der Waals surface area contributed by atoms with Crippen LogP contribution in [0.2, 0.25) is 19.6 Å². The van der Waals surface area contributed by atoms with Gasteiger partial charge in [0.05, 0.1) is 6.61 Å². The zero-order chi connectivity index (χ0) is 15.9. The molecule has 0 bridgehead atoms. The average Bonchev–Trinajstić information content (AvgIpc) is 3.15. The molecule has 7 heteroatoms. The maximum Gasteiger partial charge on any atom is 0.442 e. The van der Waals surface area contributed by atoms with E-state index in [1.807, 2.05) is 19.6 Å². The molecule has 0 saturated carbocycles. The van der Waals surface area contributed by atoms with Gasteiger partial charge in [-0.15, -0.1) is 15.8 Å². The number of aliphatic hydroxyl groups excluding tert-OH is 1. The maximum absolute atomic E-state index is 13.0. The molecule has 1 N–H and O–H groups in total. The topological polar surface area (TPSA) is 45.0 Å². The third-order valence-electron chi connectivity index (χ3n) is 2.95. The number of hydrogen-bond acceptors (Lipinski definition) is 3. The lowest BCUT2D eigenvalue weighted by Gasteiger charge is -2.16. The summed E-state index contributed by atoms with van der Waals surface area (Å²) in [5, 5.41) is 15.6. The van der Waals surface area contributed by atoms with E-state index in [-0.39, 0.29) is 12.2 Å². The minimum absolute atomic E-state index is 0.0629. The molecule has 1 aliphatic rings. The van der Waals surface area contributed by atoms with Gasteiger partial charge in [-0.25, -0.2) is 0 Å².